The van der Waals surface area contributed by atoms with Crippen LogP contribution in [0.15, 0.2) is 58.8 Å². The Bertz CT molecular complexity index is 1410. The van der Waals surface area contributed by atoms with Gasteiger partial charge in [0.25, 0.3) is 5.91 Å². The minimum atomic E-state index is -1.09. The van der Waals surface area contributed by atoms with Gasteiger partial charge in [-0.3, -0.25) is 14.5 Å². The number of nitrogens with one attached hydrogen (secondary N) is 1. The summed E-state index contributed by atoms with van der Waals surface area (Å²) in [4.78, 5) is 38.6. The zero-order valence-electron chi connectivity index (χ0n) is 18.2. The second-order valence-electron chi connectivity index (χ2n) is 7.64. The van der Waals surface area contributed by atoms with Gasteiger partial charge in [-0.05, 0) is 65.0 Å². The fourth-order valence-electron chi connectivity index (χ4n) is 3.25. The molecule has 0 aliphatic carbocycles. The number of halogens is 2. The van der Waals surface area contributed by atoms with Gasteiger partial charge in [0.05, 0.1) is 17.0 Å². The van der Waals surface area contributed by atoms with E-state index in [1.54, 1.807) is 17.5 Å². The van der Waals surface area contributed by atoms with Gasteiger partial charge in [-0.1, -0.05) is 30.0 Å². The van der Waals surface area contributed by atoms with Crippen molar-refractivity contribution in [2.45, 2.75) is 6.04 Å². The lowest BCUT2D eigenvalue weighted by atomic mass is 10.1. The predicted octanol–water partition coefficient (Wildman–Crippen LogP) is 4.56. The van der Waals surface area contributed by atoms with Crippen molar-refractivity contribution in [1.29, 1.82) is 0 Å². The molecule has 1 aromatic heterocycles. The van der Waals surface area contributed by atoms with E-state index in [1.165, 1.54) is 46.6 Å². The molecular formula is C24H17F2N3O4S3. The third-order valence-corrected chi connectivity index (χ3v) is 7.39. The highest BCUT2D eigenvalue weighted by Crippen LogP contribution is 2.35. The van der Waals surface area contributed by atoms with Crippen LogP contribution in [0.5, 0.6) is 0 Å². The third kappa shape index (κ3) is 5.68. The first-order chi connectivity index (χ1) is 17.1. The molecule has 1 atom stereocenters. The molecule has 1 aliphatic heterocycles. The number of hydrogen-bond acceptors (Lipinski definition) is 7. The summed E-state index contributed by atoms with van der Waals surface area (Å²) in [5.74, 6) is -3.93. The van der Waals surface area contributed by atoms with E-state index < -0.39 is 35.5 Å². The van der Waals surface area contributed by atoms with E-state index in [-0.39, 0.29) is 16.4 Å². The first kappa shape index (κ1) is 25.6. The average molecular weight is 546 g/mol. The highest BCUT2D eigenvalue weighted by atomic mass is 32.2. The van der Waals surface area contributed by atoms with E-state index in [0.717, 1.165) is 23.9 Å². The number of carboxylic acid groups (broad SMARTS) is 1. The second-order valence-corrected chi connectivity index (χ2v) is 10.3. The number of aromatic carboxylic acids is 1. The Hall–Kier alpha value is -3.45. The van der Waals surface area contributed by atoms with E-state index in [4.69, 9.17) is 23.1 Å². The zero-order chi connectivity index (χ0) is 26.0. The number of anilines is 1. The molecule has 7 nitrogen and oxygen atoms in total. The van der Waals surface area contributed by atoms with E-state index in [9.17, 15) is 23.2 Å². The van der Waals surface area contributed by atoms with Gasteiger partial charge in [-0.2, -0.15) is 0 Å². The fourth-order valence-corrected chi connectivity index (χ4v) is 5.44. The Morgan fingerprint density at radius 2 is 1.83 bits per heavy atom. The van der Waals surface area contributed by atoms with Crippen LogP contribution in [-0.4, -0.2) is 44.7 Å². The number of thiocarbonyl (C=S) groups is 1. The van der Waals surface area contributed by atoms with E-state index in [2.05, 4.69) is 5.32 Å². The van der Waals surface area contributed by atoms with Gasteiger partial charge < -0.3 is 16.2 Å². The number of carbonyl (C=O) groups excluding carboxylic acids is 2. The van der Waals surface area contributed by atoms with E-state index in [1.807, 2.05) is 0 Å². The van der Waals surface area contributed by atoms with Crippen LogP contribution in [0.1, 0.15) is 15.2 Å². The van der Waals surface area contributed by atoms with Gasteiger partial charge in [0, 0.05) is 10.6 Å². The quantitative estimate of drug-likeness (QED) is 0.295. The minimum absolute atomic E-state index is 0.0735. The number of nitrogens with two attached hydrogens (primary N) is 1. The molecule has 184 valence electrons. The van der Waals surface area contributed by atoms with Crippen molar-refractivity contribution in [3.63, 3.8) is 0 Å². The summed E-state index contributed by atoms with van der Waals surface area (Å²) < 4.78 is 27.0. The van der Waals surface area contributed by atoms with Crippen LogP contribution in [0.3, 0.4) is 0 Å². The SMILES string of the molecule is N[C@@H](CN1C(=O)C(=Cc2cc(-c3ccc(F)c(F)c3)cs2)SC1=S)C(=O)Nc1ccc(C(=O)O)cc1. The highest BCUT2D eigenvalue weighted by Gasteiger charge is 2.34. The Morgan fingerprint density at radius 3 is 2.50 bits per heavy atom. The molecule has 2 amide bonds. The summed E-state index contributed by atoms with van der Waals surface area (Å²) in [6.45, 7) is -0.147. The molecular weight excluding hydrogens is 528 g/mol. The topological polar surface area (TPSA) is 113 Å². The molecule has 2 heterocycles. The lowest BCUT2D eigenvalue weighted by molar-refractivity contribution is -0.123. The number of thiophene rings is 1. The van der Waals surface area contributed by atoms with Crippen LogP contribution in [0.25, 0.3) is 17.2 Å². The number of carboxylic acids is 1. The van der Waals surface area contributed by atoms with Gasteiger partial charge >= 0.3 is 5.97 Å². The number of thioether (sulfide) groups is 1. The second kappa shape index (κ2) is 10.7. The van der Waals surface area contributed by atoms with Crippen LogP contribution in [0.2, 0.25) is 0 Å². The molecule has 3 aromatic rings. The van der Waals surface area contributed by atoms with E-state index in [0.29, 0.717) is 26.6 Å². The largest absolute Gasteiger partial charge is 0.478 e. The monoisotopic (exact) mass is 545 g/mol. The number of carbonyl (C=O) groups is 3. The molecule has 0 radical (unpaired) electrons. The Kier molecular flexibility index (Phi) is 7.59. The Labute approximate surface area is 217 Å². The summed E-state index contributed by atoms with van der Waals surface area (Å²) in [6.07, 6.45) is 1.64. The third-order valence-electron chi connectivity index (χ3n) is 5.14. The smallest absolute Gasteiger partial charge is 0.335 e. The van der Waals surface area contributed by atoms with Crippen molar-refractivity contribution in [2.75, 3.05) is 11.9 Å². The maximum atomic E-state index is 13.6. The summed E-state index contributed by atoms with van der Waals surface area (Å²) in [5, 5.41) is 13.3. The van der Waals surface area contributed by atoms with Crippen molar-refractivity contribution in [2.24, 2.45) is 5.73 Å². The predicted molar refractivity (Wildman–Crippen MR) is 140 cm³/mol. The average Bonchev–Trinajstić information content (AvgIpc) is 3.41. The molecule has 0 bridgehead atoms. The van der Waals surface area contributed by atoms with Crippen LogP contribution < -0.4 is 11.1 Å². The lowest BCUT2D eigenvalue weighted by Gasteiger charge is -2.19. The molecule has 4 N–H and O–H groups in total. The summed E-state index contributed by atoms with van der Waals surface area (Å²) in [6, 6.07) is 9.85. The zero-order valence-corrected chi connectivity index (χ0v) is 20.7. The first-order valence-electron chi connectivity index (χ1n) is 10.3. The number of hydrogen-bond donors (Lipinski definition) is 3. The maximum Gasteiger partial charge on any atom is 0.335 e. The molecule has 1 fully saturated rings. The normalized spacial score (nSPS) is 15.4. The van der Waals surface area contributed by atoms with Crippen molar-refractivity contribution in [3.05, 3.63) is 80.9 Å². The standard InChI is InChI=1S/C24H17F2N3O4S3/c25-17-6-3-13(8-18(17)26)14-7-16(35-11-14)9-20-22(31)29(24(34)36-20)10-19(27)21(30)28-15-4-1-12(2-5-15)23(32)33/h1-9,11,19H,10,27H2,(H,28,30)(H,32,33)/t19-/m0/s1. The molecule has 0 saturated carbocycles. The summed E-state index contributed by atoms with van der Waals surface area (Å²) >= 11 is 7.70. The molecule has 1 saturated heterocycles. The highest BCUT2D eigenvalue weighted by molar-refractivity contribution is 8.26. The molecule has 4 rings (SSSR count). The first-order valence-corrected chi connectivity index (χ1v) is 12.4. The van der Waals surface area contributed by atoms with E-state index >= 15 is 0 Å². The van der Waals surface area contributed by atoms with Crippen molar-refractivity contribution < 1.29 is 28.3 Å². The maximum absolute atomic E-state index is 13.6. The summed E-state index contributed by atoms with van der Waals surface area (Å²) in [7, 11) is 0. The number of nitrogens with zero attached hydrogens (tertiary/aromatic N) is 1. The van der Waals surface area contributed by atoms with Crippen LogP contribution in [-0.2, 0) is 9.59 Å². The Morgan fingerprint density at radius 1 is 1.11 bits per heavy atom. The van der Waals surface area contributed by atoms with Gasteiger partial charge in [0.15, 0.2) is 11.6 Å². The minimum Gasteiger partial charge on any atom is -0.478 e. The molecule has 36 heavy (non-hydrogen) atoms. The number of rotatable bonds is 7. The van der Waals surface area contributed by atoms with Crippen LogP contribution in [0, 0.1) is 11.6 Å². The summed E-state index contributed by atoms with van der Waals surface area (Å²) in [5.41, 5.74) is 7.61. The van der Waals surface area contributed by atoms with Gasteiger partial charge in [-0.25, -0.2) is 13.6 Å². The van der Waals surface area contributed by atoms with Crippen molar-refractivity contribution >= 4 is 69.2 Å². The van der Waals surface area contributed by atoms with Gasteiger partial charge in [0.1, 0.15) is 10.4 Å². The molecule has 1 aliphatic rings. The fraction of sp³-hybridized carbons (Fsp3) is 0.0833. The number of amides is 2. The molecule has 2 aromatic carbocycles. The van der Waals surface area contributed by atoms with Gasteiger partial charge in [0.2, 0.25) is 5.91 Å². The van der Waals surface area contributed by atoms with Crippen LogP contribution >= 0.6 is 35.3 Å². The molecule has 0 unspecified atom stereocenters. The van der Waals surface area contributed by atoms with Gasteiger partial charge in [-0.15, -0.1) is 11.3 Å². The molecule has 0 spiro atoms. The number of benzene rings is 2. The van der Waals surface area contributed by atoms with Crippen molar-refractivity contribution in [3.8, 4) is 11.1 Å². The molecule has 12 heteroatoms. The van der Waals surface area contributed by atoms with Crippen molar-refractivity contribution in [1.82, 2.24) is 4.90 Å². The lowest BCUT2D eigenvalue weighted by Crippen LogP contribution is -2.46. The van der Waals surface area contributed by atoms with Crippen LogP contribution in [0.4, 0.5) is 14.5 Å². The Balaban J connectivity index is 1.41.